The van der Waals surface area contributed by atoms with Gasteiger partial charge in [-0.25, -0.2) is 0 Å². The molecule has 0 radical (unpaired) electrons. The molecule has 2 N–H and O–H groups in total. The average Bonchev–Trinajstić information content (AvgIpc) is 2.74. The van der Waals surface area contributed by atoms with Crippen LogP contribution in [0.5, 0.6) is 11.5 Å². The molecule has 0 fully saturated rings. The van der Waals surface area contributed by atoms with Gasteiger partial charge in [-0.15, -0.1) is 0 Å². The zero-order valence-corrected chi connectivity index (χ0v) is 20.5. The molecule has 168 valence electrons. The van der Waals surface area contributed by atoms with Crippen LogP contribution in [0.3, 0.4) is 0 Å². The van der Waals surface area contributed by atoms with Crippen molar-refractivity contribution in [2.45, 2.75) is 34.2 Å². The standard InChI is InChI=1S/C26H29BrN2O3/c1-5-31-24-14-20(15-28-23-11-7-9-18(3)19(23)4)13-22(27)26(24)32-16-25(30)29-21-10-6-8-17(2)12-21/h6-14,28H,5,15-16H2,1-4H3,(H,29,30). The third-order valence-electron chi connectivity index (χ3n) is 5.11. The van der Waals surface area contributed by atoms with Gasteiger partial charge in [0.25, 0.3) is 5.91 Å². The first kappa shape index (κ1) is 23.7. The summed E-state index contributed by atoms with van der Waals surface area (Å²) in [4.78, 5) is 12.4. The summed E-state index contributed by atoms with van der Waals surface area (Å²) in [6.45, 7) is 9.12. The fraction of sp³-hybridized carbons (Fsp3) is 0.269. The molecular weight excluding hydrogens is 468 g/mol. The number of hydrogen-bond donors (Lipinski definition) is 2. The van der Waals surface area contributed by atoms with Crippen LogP contribution in [-0.4, -0.2) is 19.1 Å². The van der Waals surface area contributed by atoms with Crippen molar-refractivity contribution in [2.75, 3.05) is 23.8 Å². The Morgan fingerprint density at radius 2 is 1.78 bits per heavy atom. The number of hydrogen-bond acceptors (Lipinski definition) is 4. The number of amides is 1. The van der Waals surface area contributed by atoms with Crippen LogP contribution in [0.4, 0.5) is 11.4 Å². The third kappa shape index (κ3) is 6.26. The molecule has 3 rings (SSSR count). The molecule has 3 aromatic rings. The molecule has 1 amide bonds. The second kappa shape index (κ2) is 11.0. The molecule has 0 aromatic heterocycles. The first-order chi connectivity index (χ1) is 15.4. The zero-order valence-electron chi connectivity index (χ0n) is 18.9. The summed E-state index contributed by atoms with van der Waals surface area (Å²) in [7, 11) is 0. The third-order valence-corrected chi connectivity index (χ3v) is 5.70. The molecule has 0 bridgehead atoms. The molecule has 0 aliphatic rings. The smallest absolute Gasteiger partial charge is 0.262 e. The monoisotopic (exact) mass is 496 g/mol. The summed E-state index contributed by atoms with van der Waals surface area (Å²) >= 11 is 3.58. The van der Waals surface area contributed by atoms with E-state index >= 15 is 0 Å². The highest BCUT2D eigenvalue weighted by Crippen LogP contribution is 2.37. The van der Waals surface area contributed by atoms with Gasteiger partial charge in [-0.2, -0.15) is 0 Å². The van der Waals surface area contributed by atoms with E-state index in [1.165, 1.54) is 11.1 Å². The Hall–Kier alpha value is -2.99. The van der Waals surface area contributed by atoms with Crippen molar-refractivity contribution in [3.05, 3.63) is 81.3 Å². The Balaban J connectivity index is 1.69. The van der Waals surface area contributed by atoms with Crippen LogP contribution in [0, 0.1) is 20.8 Å². The van der Waals surface area contributed by atoms with E-state index < -0.39 is 0 Å². The number of carbonyl (C=O) groups excluding carboxylic acids is 1. The molecule has 5 nitrogen and oxygen atoms in total. The Morgan fingerprint density at radius 3 is 2.53 bits per heavy atom. The topological polar surface area (TPSA) is 59.6 Å². The number of rotatable bonds is 9. The molecule has 0 heterocycles. The maximum Gasteiger partial charge on any atom is 0.262 e. The van der Waals surface area contributed by atoms with E-state index in [1.807, 2.05) is 56.3 Å². The normalized spacial score (nSPS) is 10.5. The number of benzene rings is 3. The fourth-order valence-electron chi connectivity index (χ4n) is 3.32. The van der Waals surface area contributed by atoms with Gasteiger partial charge in [0.2, 0.25) is 0 Å². The van der Waals surface area contributed by atoms with E-state index in [4.69, 9.17) is 9.47 Å². The van der Waals surface area contributed by atoms with Crippen LogP contribution in [0.15, 0.2) is 59.1 Å². The number of ether oxygens (including phenoxy) is 2. The van der Waals surface area contributed by atoms with Crippen LogP contribution in [0.2, 0.25) is 0 Å². The van der Waals surface area contributed by atoms with Crippen LogP contribution < -0.4 is 20.1 Å². The second-order valence-corrected chi connectivity index (χ2v) is 8.50. The maximum atomic E-state index is 12.4. The van der Waals surface area contributed by atoms with E-state index in [1.54, 1.807) is 0 Å². The lowest BCUT2D eigenvalue weighted by Crippen LogP contribution is -2.20. The van der Waals surface area contributed by atoms with Crippen molar-refractivity contribution in [1.29, 1.82) is 0 Å². The van der Waals surface area contributed by atoms with E-state index in [9.17, 15) is 4.79 Å². The first-order valence-corrected chi connectivity index (χ1v) is 11.4. The van der Waals surface area contributed by atoms with Gasteiger partial charge in [-0.05, 0) is 96.2 Å². The molecule has 6 heteroatoms. The Morgan fingerprint density at radius 1 is 1.00 bits per heavy atom. The van der Waals surface area contributed by atoms with Gasteiger partial charge in [0.05, 0.1) is 11.1 Å². The Labute approximate surface area is 198 Å². The largest absolute Gasteiger partial charge is 0.490 e. The zero-order chi connectivity index (χ0) is 23.1. The van der Waals surface area contributed by atoms with Crippen molar-refractivity contribution in [3.8, 4) is 11.5 Å². The van der Waals surface area contributed by atoms with Crippen molar-refractivity contribution in [3.63, 3.8) is 0 Å². The minimum Gasteiger partial charge on any atom is -0.490 e. The van der Waals surface area contributed by atoms with Crippen molar-refractivity contribution in [1.82, 2.24) is 0 Å². The van der Waals surface area contributed by atoms with Gasteiger partial charge < -0.3 is 20.1 Å². The Bertz CT molecular complexity index is 1100. The number of nitrogens with one attached hydrogen (secondary N) is 2. The highest BCUT2D eigenvalue weighted by molar-refractivity contribution is 9.10. The van der Waals surface area contributed by atoms with Crippen LogP contribution >= 0.6 is 15.9 Å². The molecule has 0 unspecified atom stereocenters. The van der Waals surface area contributed by atoms with Gasteiger partial charge in [0.1, 0.15) is 0 Å². The molecule has 0 saturated carbocycles. The quantitative estimate of drug-likeness (QED) is 0.359. The maximum absolute atomic E-state index is 12.4. The second-order valence-electron chi connectivity index (χ2n) is 7.65. The summed E-state index contributed by atoms with van der Waals surface area (Å²) in [6.07, 6.45) is 0. The van der Waals surface area contributed by atoms with Crippen molar-refractivity contribution >= 4 is 33.2 Å². The van der Waals surface area contributed by atoms with Crippen molar-refractivity contribution < 1.29 is 14.3 Å². The van der Waals surface area contributed by atoms with Gasteiger partial charge in [0.15, 0.2) is 18.1 Å². The molecule has 0 atom stereocenters. The highest BCUT2D eigenvalue weighted by atomic mass is 79.9. The first-order valence-electron chi connectivity index (χ1n) is 10.6. The number of aryl methyl sites for hydroxylation is 2. The van der Waals surface area contributed by atoms with Gasteiger partial charge >= 0.3 is 0 Å². The lowest BCUT2D eigenvalue weighted by molar-refractivity contribution is -0.118. The van der Waals surface area contributed by atoms with Crippen molar-refractivity contribution in [2.24, 2.45) is 0 Å². The molecule has 32 heavy (non-hydrogen) atoms. The van der Waals surface area contributed by atoms with Gasteiger partial charge in [0, 0.05) is 17.9 Å². The fourth-order valence-corrected chi connectivity index (χ4v) is 3.93. The van der Waals surface area contributed by atoms with E-state index in [0.29, 0.717) is 24.7 Å². The minimum absolute atomic E-state index is 0.118. The van der Waals surface area contributed by atoms with E-state index in [2.05, 4.69) is 52.5 Å². The van der Waals surface area contributed by atoms with Crippen LogP contribution in [0.1, 0.15) is 29.2 Å². The predicted molar refractivity (Wildman–Crippen MR) is 134 cm³/mol. The summed E-state index contributed by atoms with van der Waals surface area (Å²) in [5.41, 5.74) is 6.45. The lowest BCUT2D eigenvalue weighted by atomic mass is 10.1. The predicted octanol–water partition coefficient (Wildman–Crippen LogP) is 6.40. The SMILES string of the molecule is CCOc1cc(CNc2cccc(C)c2C)cc(Br)c1OCC(=O)Nc1cccc(C)c1. The van der Waals surface area contributed by atoms with Gasteiger partial charge in [-0.1, -0.05) is 24.3 Å². The molecule has 3 aromatic carbocycles. The molecule has 0 spiro atoms. The summed E-state index contributed by atoms with van der Waals surface area (Å²) in [5.74, 6) is 0.885. The van der Waals surface area contributed by atoms with E-state index in [-0.39, 0.29) is 12.5 Å². The van der Waals surface area contributed by atoms with Gasteiger partial charge in [-0.3, -0.25) is 4.79 Å². The highest BCUT2D eigenvalue weighted by Gasteiger charge is 2.15. The molecule has 0 aliphatic heterocycles. The summed E-state index contributed by atoms with van der Waals surface area (Å²) in [5, 5.41) is 6.34. The van der Waals surface area contributed by atoms with Crippen LogP contribution in [0.25, 0.3) is 0 Å². The summed E-state index contributed by atoms with van der Waals surface area (Å²) < 4.78 is 12.4. The van der Waals surface area contributed by atoms with E-state index in [0.717, 1.165) is 27.0 Å². The number of anilines is 2. The average molecular weight is 497 g/mol. The molecular formula is C26H29BrN2O3. The lowest BCUT2D eigenvalue weighted by Gasteiger charge is -2.17. The minimum atomic E-state index is -0.231. The Kier molecular flexibility index (Phi) is 8.17. The van der Waals surface area contributed by atoms with Crippen LogP contribution in [-0.2, 0) is 11.3 Å². The number of carbonyl (C=O) groups is 1. The summed E-state index contributed by atoms with van der Waals surface area (Å²) in [6, 6.07) is 17.8. The molecule has 0 aliphatic carbocycles. The molecule has 0 saturated heterocycles. The number of halogens is 1.